The first kappa shape index (κ1) is 35.6. The molecule has 2 aromatic heterocycles. The van der Waals surface area contributed by atoms with Crippen molar-refractivity contribution in [3.63, 3.8) is 0 Å². The number of carbonyl (C=O) groups excluding carboxylic acids is 3. The van der Waals surface area contributed by atoms with Gasteiger partial charge in [0.25, 0.3) is 5.56 Å². The summed E-state index contributed by atoms with van der Waals surface area (Å²) in [5.74, 6) is 0.704. The van der Waals surface area contributed by atoms with Crippen molar-refractivity contribution in [1.82, 2.24) is 28.8 Å². The number of anilines is 1. The van der Waals surface area contributed by atoms with Gasteiger partial charge in [-0.1, -0.05) is 6.07 Å². The first-order chi connectivity index (χ1) is 26.1. The number of hydrogen-bond donors (Lipinski definition) is 1. The van der Waals surface area contributed by atoms with E-state index in [1.807, 2.05) is 41.4 Å². The number of piperazine rings is 1. The molecule has 3 saturated heterocycles. The lowest BCUT2D eigenvalue weighted by atomic mass is 9.96. The molecular formula is C40H47N7O7. The van der Waals surface area contributed by atoms with E-state index in [9.17, 15) is 24.0 Å². The fourth-order valence-electron chi connectivity index (χ4n) is 9.17. The number of pyridine rings is 1. The van der Waals surface area contributed by atoms with Gasteiger partial charge in [0.15, 0.2) is 0 Å². The lowest BCUT2D eigenvalue weighted by Gasteiger charge is -2.43. The second-order valence-corrected chi connectivity index (χ2v) is 15.0. The van der Waals surface area contributed by atoms with Gasteiger partial charge in [0.05, 0.1) is 43.0 Å². The zero-order chi connectivity index (χ0) is 37.8. The maximum Gasteiger partial charge on any atom is 0.329 e. The van der Waals surface area contributed by atoms with Crippen molar-refractivity contribution in [1.29, 1.82) is 0 Å². The number of aromatic nitrogens is 3. The van der Waals surface area contributed by atoms with Crippen LogP contribution in [0.5, 0.6) is 11.5 Å². The molecule has 3 amide bonds. The highest BCUT2D eigenvalue weighted by Crippen LogP contribution is 2.39. The van der Waals surface area contributed by atoms with Crippen LogP contribution in [0.15, 0.2) is 46.1 Å². The number of benzene rings is 2. The number of methoxy groups -OCH3 is 2. The maximum atomic E-state index is 13.7. The molecule has 1 unspecified atom stereocenters. The third kappa shape index (κ3) is 6.05. The third-order valence-electron chi connectivity index (χ3n) is 11.9. The van der Waals surface area contributed by atoms with Gasteiger partial charge in [-0.05, 0) is 73.9 Å². The summed E-state index contributed by atoms with van der Waals surface area (Å²) in [6.07, 6.45) is 6.60. The Bertz CT molecular complexity index is 2270. The standard InChI is InChI=1S/C40H47N7O7/c1-42-21-28(26-7-5-8-27(26)39(42)51)24-19-33(53-3)29(34(20-24)54-4)22-44-17-18-46(36(49)23-44)25-13-15-45(16-14-25)30-9-6-10-31-37(30)43(2)40(52)47(31)32-11-12-35(48)41-38(32)50/h6,9-10,19-21,25,32H,5,7-8,11-18,22-23H2,1-4H3,(H,41,48,50). The fourth-order valence-corrected chi connectivity index (χ4v) is 9.17. The van der Waals surface area contributed by atoms with Crippen LogP contribution in [-0.2, 0) is 47.9 Å². The van der Waals surface area contributed by atoms with Crippen LogP contribution < -0.4 is 30.9 Å². The van der Waals surface area contributed by atoms with E-state index in [0.717, 1.165) is 71.1 Å². The van der Waals surface area contributed by atoms with Crippen LogP contribution in [0.3, 0.4) is 0 Å². The van der Waals surface area contributed by atoms with E-state index < -0.39 is 11.9 Å². The summed E-state index contributed by atoms with van der Waals surface area (Å²) in [6.45, 7) is 3.55. The largest absolute Gasteiger partial charge is 0.496 e. The van der Waals surface area contributed by atoms with Gasteiger partial charge >= 0.3 is 5.69 Å². The highest BCUT2D eigenvalue weighted by molar-refractivity contribution is 6.00. The van der Waals surface area contributed by atoms with Gasteiger partial charge in [-0.25, -0.2) is 4.79 Å². The number of rotatable bonds is 8. The predicted octanol–water partition coefficient (Wildman–Crippen LogP) is 2.50. The summed E-state index contributed by atoms with van der Waals surface area (Å²) in [4.78, 5) is 70.9. The molecule has 284 valence electrons. The molecule has 3 fully saturated rings. The number of para-hydroxylation sites is 1. The van der Waals surface area contributed by atoms with E-state index in [4.69, 9.17) is 9.47 Å². The molecule has 4 aromatic rings. The number of piperidine rings is 2. The van der Waals surface area contributed by atoms with Crippen LogP contribution in [0, 0.1) is 0 Å². The lowest BCUT2D eigenvalue weighted by molar-refractivity contribution is -0.139. The Labute approximate surface area is 312 Å². The van der Waals surface area contributed by atoms with E-state index in [2.05, 4.69) is 15.1 Å². The zero-order valence-electron chi connectivity index (χ0n) is 31.4. The van der Waals surface area contributed by atoms with Gasteiger partial charge < -0.3 is 23.8 Å². The number of nitrogens with one attached hydrogen (secondary N) is 1. The lowest BCUT2D eigenvalue weighted by Crippen LogP contribution is -2.56. The maximum absolute atomic E-state index is 13.7. The van der Waals surface area contributed by atoms with Crippen molar-refractivity contribution < 1.29 is 23.9 Å². The average molecular weight is 738 g/mol. The van der Waals surface area contributed by atoms with Gasteiger partial charge in [-0.3, -0.25) is 38.5 Å². The van der Waals surface area contributed by atoms with E-state index in [0.29, 0.717) is 49.7 Å². The zero-order valence-corrected chi connectivity index (χ0v) is 31.4. The monoisotopic (exact) mass is 737 g/mol. The Balaban J connectivity index is 0.946. The van der Waals surface area contributed by atoms with E-state index in [-0.39, 0.29) is 48.5 Å². The number of imide groups is 1. The molecule has 3 aliphatic heterocycles. The van der Waals surface area contributed by atoms with Crippen LogP contribution >= 0.6 is 0 Å². The highest BCUT2D eigenvalue weighted by Gasteiger charge is 2.35. The fraction of sp³-hybridized carbons (Fsp3) is 0.475. The molecule has 0 spiro atoms. The average Bonchev–Trinajstić information content (AvgIpc) is 3.76. The molecule has 14 nitrogen and oxygen atoms in total. The second kappa shape index (κ2) is 14.1. The molecule has 0 saturated carbocycles. The van der Waals surface area contributed by atoms with Gasteiger partial charge in [0, 0.05) is 76.6 Å². The summed E-state index contributed by atoms with van der Waals surface area (Å²) in [7, 11) is 6.82. The first-order valence-electron chi connectivity index (χ1n) is 18.8. The van der Waals surface area contributed by atoms with Crippen molar-refractivity contribution >= 4 is 34.4 Å². The molecule has 0 bridgehead atoms. The predicted molar refractivity (Wildman–Crippen MR) is 203 cm³/mol. The molecular weight excluding hydrogens is 690 g/mol. The summed E-state index contributed by atoms with van der Waals surface area (Å²) < 4.78 is 16.6. The molecule has 0 radical (unpaired) electrons. The molecule has 2 aromatic carbocycles. The molecule has 54 heavy (non-hydrogen) atoms. The van der Waals surface area contributed by atoms with Crippen LogP contribution in [-0.4, -0.2) is 94.2 Å². The minimum atomic E-state index is -0.737. The number of imidazole rings is 1. The van der Waals surface area contributed by atoms with Gasteiger partial charge in [0.1, 0.15) is 17.5 Å². The normalized spacial score (nSPS) is 19.8. The number of ether oxygens (including phenoxy) is 2. The van der Waals surface area contributed by atoms with Gasteiger partial charge in [-0.15, -0.1) is 0 Å². The van der Waals surface area contributed by atoms with Crippen LogP contribution in [0.4, 0.5) is 5.69 Å². The second-order valence-electron chi connectivity index (χ2n) is 15.0. The number of nitrogens with zero attached hydrogens (tertiary/aromatic N) is 6. The molecule has 5 heterocycles. The molecule has 1 aliphatic carbocycles. The van der Waals surface area contributed by atoms with Crippen molar-refractivity contribution in [2.45, 2.75) is 63.6 Å². The number of carbonyl (C=O) groups is 3. The Morgan fingerprint density at radius 2 is 1.57 bits per heavy atom. The van der Waals surface area contributed by atoms with Crippen LogP contribution in [0.1, 0.15) is 54.8 Å². The minimum absolute atomic E-state index is 0.0705. The Kier molecular flexibility index (Phi) is 9.32. The van der Waals surface area contributed by atoms with Crippen LogP contribution in [0.25, 0.3) is 22.2 Å². The third-order valence-corrected chi connectivity index (χ3v) is 11.9. The quantitative estimate of drug-likeness (QED) is 0.270. The summed E-state index contributed by atoms with van der Waals surface area (Å²) in [5, 5.41) is 2.38. The molecule has 1 atom stereocenters. The Morgan fingerprint density at radius 3 is 2.26 bits per heavy atom. The van der Waals surface area contributed by atoms with E-state index in [1.54, 1.807) is 37.4 Å². The molecule has 14 heteroatoms. The Morgan fingerprint density at radius 1 is 0.852 bits per heavy atom. The number of fused-ring (bicyclic) bond motifs is 2. The minimum Gasteiger partial charge on any atom is -0.496 e. The molecule has 8 rings (SSSR count). The van der Waals surface area contributed by atoms with Gasteiger partial charge in [0.2, 0.25) is 17.7 Å². The first-order valence-corrected chi connectivity index (χ1v) is 18.8. The SMILES string of the molecule is COc1cc(-c2cn(C)c(=O)c3c2CCC3)cc(OC)c1CN1CCN(C2CCN(c3cccc4c3n(C)c(=O)n4C3CCC(=O)NC3=O)CC2)C(=O)C1. The van der Waals surface area contributed by atoms with Crippen molar-refractivity contribution in [3.8, 4) is 22.6 Å². The van der Waals surface area contributed by atoms with Crippen molar-refractivity contribution in [2.24, 2.45) is 14.1 Å². The van der Waals surface area contributed by atoms with E-state index in [1.165, 1.54) is 4.57 Å². The molecule has 1 N–H and O–H groups in total. The summed E-state index contributed by atoms with van der Waals surface area (Å²) >= 11 is 0. The number of aryl methyl sites for hydroxylation is 2. The van der Waals surface area contributed by atoms with Crippen molar-refractivity contribution in [2.75, 3.05) is 51.8 Å². The number of hydrogen-bond acceptors (Lipinski definition) is 9. The summed E-state index contributed by atoms with van der Waals surface area (Å²) in [6, 6.07) is 9.17. The number of amides is 3. The molecule has 4 aliphatic rings. The van der Waals surface area contributed by atoms with Gasteiger partial charge in [-0.2, -0.15) is 0 Å². The smallest absolute Gasteiger partial charge is 0.329 e. The van der Waals surface area contributed by atoms with Crippen LogP contribution in [0.2, 0.25) is 0 Å². The Hall–Kier alpha value is -5.37. The highest BCUT2D eigenvalue weighted by atomic mass is 16.5. The topological polar surface area (TPSA) is 140 Å². The van der Waals surface area contributed by atoms with Crippen molar-refractivity contribution in [3.05, 3.63) is 74.1 Å². The summed E-state index contributed by atoms with van der Waals surface area (Å²) in [5.41, 5.74) is 6.97. The van der Waals surface area contributed by atoms with E-state index >= 15 is 0 Å².